The van der Waals surface area contributed by atoms with Crippen LogP contribution in [0.2, 0.25) is 0 Å². The molecule has 0 saturated carbocycles. The van der Waals surface area contributed by atoms with E-state index in [1.165, 1.54) is 95.2 Å². The Morgan fingerprint density at radius 2 is 1.31 bits per heavy atom. The van der Waals surface area contributed by atoms with Crippen molar-refractivity contribution in [3.63, 3.8) is 0 Å². The molecule has 0 aliphatic rings. The normalized spacial score (nSPS) is 11.1. The van der Waals surface area contributed by atoms with Crippen LogP contribution >= 0.6 is 0 Å². The largest absolute Gasteiger partial charge is 0.437 e. The summed E-state index contributed by atoms with van der Waals surface area (Å²) in [4.78, 5) is 8.54. The number of unbranched alkanes of at least 4 members (excludes halogenated alkanes) is 13. The molecule has 0 spiro atoms. The smallest absolute Gasteiger partial charge is 0.248 e. The summed E-state index contributed by atoms with van der Waals surface area (Å²) in [7, 11) is 0. The molecule has 35 heavy (non-hydrogen) atoms. The highest BCUT2D eigenvalue weighted by molar-refractivity contribution is 5.83. The Bertz CT molecular complexity index is 991. The van der Waals surface area contributed by atoms with Crippen LogP contribution in [-0.2, 0) is 0 Å². The van der Waals surface area contributed by atoms with Crippen molar-refractivity contribution in [3.8, 4) is 11.6 Å². The van der Waals surface area contributed by atoms with Crippen molar-refractivity contribution in [1.29, 1.82) is 0 Å². The van der Waals surface area contributed by atoms with E-state index in [1.807, 2.05) is 30.3 Å². The van der Waals surface area contributed by atoms with E-state index in [2.05, 4.69) is 34.3 Å². The van der Waals surface area contributed by atoms with E-state index in [0.717, 1.165) is 18.4 Å². The van der Waals surface area contributed by atoms with Crippen LogP contribution in [0.25, 0.3) is 10.8 Å². The molecule has 3 N–H and O–H groups in total. The predicted octanol–water partition coefficient (Wildman–Crippen LogP) is 8.90. The van der Waals surface area contributed by atoms with E-state index >= 15 is 0 Å². The quantitative estimate of drug-likeness (QED) is 0.179. The van der Waals surface area contributed by atoms with Gasteiger partial charge in [0.15, 0.2) is 5.82 Å². The second kappa shape index (κ2) is 16.0. The van der Waals surface area contributed by atoms with Crippen molar-refractivity contribution in [2.45, 2.75) is 96.8 Å². The molecular weight excluding hydrogens is 432 g/mol. The number of fused-ring (bicyclic) bond motifs is 1. The van der Waals surface area contributed by atoms with Gasteiger partial charge in [0.25, 0.3) is 0 Å². The molecular formula is C30H44N4O. The summed E-state index contributed by atoms with van der Waals surface area (Å²) >= 11 is 0. The number of nitrogens with one attached hydrogen (secondary N) is 1. The van der Waals surface area contributed by atoms with Crippen molar-refractivity contribution in [2.24, 2.45) is 0 Å². The molecule has 5 heteroatoms. The maximum Gasteiger partial charge on any atom is 0.248 e. The Hall–Kier alpha value is -2.82. The van der Waals surface area contributed by atoms with Gasteiger partial charge in [0.1, 0.15) is 17.8 Å². The maximum absolute atomic E-state index is 6.29. The third-order valence-corrected chi connectivity index (χ3v) is 6.61. The molecule has 0 radical (unpaired) electrons. The van der Waals surface area contributed by atoms with Gasteiger partial charge in [-0.05, 0) is 29.3 Å². The Labute approximate surface area is 211 Å². The van der Waals surface area contributed by atoms with Crippen LogP contribution in [0, 0.1) is 0 Å². The molecule has 3 aromatic rings. The fourth-order valence-corrected chi connectivity index (χ4v) is 4.47. The van der Waals surface area contributed by atoms with Crippen molar-refractivity contribution >= 4 is 22.3 Å². The molecule has 0 fully saturated rings. The van der Waals surface area contributed by atoms with Crippen molar-refractivity contribution in [2.75, 3.05) is 17.6 Å². The summed E-state index contributed by atoms with van der Waals surface area (Å²) in [6.07, 6.45) is 20.5. The van der Waals surface area contributed by atoms with Gasteiger partial charge >= 0.3 is 0 Å². The number of ether oxygens (including phenoxy) is 1. The van der Waals surface area contributed by atoms with Gasteiger partial charge in [0, 0.05) is 6.54 Å². The number of nitrogen functional groups attached to an aromatic ring is 1. The van der Waals surface area contributed by atoms with E-state index in [9.17, 15) is 0 Å². The Kier molecular flexibility index (Phi) is 12.2. The lowest BCUT2D eigenvalue weighted by Crippen LogP contribution is -2.08. The molecule has 1 heterocycles. The monoisotopic (exact) mass is 476 g/mol. The van der Waals surface area contributed by atoms with Crippen LogP contribution in [0.4, 0.5) is 11.5 Å². The summed E-state index contributed by atoms with van der Waals surface area (Å²) in [5.74, 6) is 1.75. The highest BCUT2D eigenvalue weighted by Crippen LogP contribution is 2.30. The molecule has 0 saturated heterocycles. The van der Waals surface area contributed by atoms with E-state index in [0.29, 0.717) is 23.1 Å². The van der Waals surface area contributed by atoms with Crippen LogP contribution < -0.4 is 15.8 Å². The first-order valence-electron chi connectivity index (χ1n) is 13.8. The molecule has 3 rings (SSSR count). The molecule has 0 amide bonds. The highest BCUT2D eigenvalue weighted by Gasteiger charge is 2.10. The third-order valence-electron chi connectivity index (χ3n) is 6.61. The number of hydrogen-bond donors (Lipinski definition) is 2. The first kappa shape index (κ1) is 26.8. The SMILES string of the molecule is CCCCCCCCCCCCCCCCNc1ncnc(Oc2ccc3ccccc3c2)c1N. The molecule has 0 bridgehead atoms. The summed E-state index contributed by atoms with van der Waals surface area (Å²) in [6, 6.07) is 14.2. The number of hydrogen-bond acceptors (Lipinski definition) is 5. The van der Waals surface area contributed by atoms with E-state index < -0.39 is 0 Å². The van der Waals surface area contributed by atoms with E-state index in [-0.39, 0.29) is 0 Å². The lowest BCUT2D eigenvalue weighted by atomic mass is 10.0. The molecule has 0 unspecified atom stereocenters. The standard InChI is InChI=1S/C30H44N4O/c1-2-3-4-5-6-7-8-9-10-11-12-13-14-17-22-32-29-28(31)30(34-24-33-29)35-27-21-20-25-18-15-16-19-26(25)23-27/h15-16,18-21,23-24H,2-14,17,22,31H2,1H3,(H,32,33,34). The summed E-state index contributed by atoms with van der Waals surface area (Å²) < 4.78 is 5.97. The van der Waals surface area contributed by atoms with Crippen LogP contribution in [0.15, 0.2) is 48.8 Å². The van der Waals surface area contributed by atoms with Crippen LogP contribution in [0.1, 0.15) is 96.8 Å². The van der Waals surface area contributed by atoms with E-state index in [1.54, 1.807) is 0 Å². The van der Waals surface area contributed by atoms with Gasteiger partial charge in [-0.3, -0.25) is 0 Å². The zero-order valence-electron chi connectivity index (χ0n) is 21.6. The second-order valence-corrected chi connectivity index (χ2v) is 9.58. The number of anilines is 2. The number of nitrogens with two attached hydrogens (primary N) is 1. The summed E-state index contributed by atoms with van der Waals surface area (Å²) in [6.45, 7) is 3.14. The third kappa shape index (κ3) is 9.75. The van der Waals surface area contributed by atoms with E-state index in [4.69, 9.17) is 10.5 Å². The molecule has 0 atom stereocenters. The maximum atomic E-state index is 6.29. The first-order valence-corrected chi connectivity index (χ1v) is 13.8. The van der Waals surface area contributed by atoms with Gasteiger partial charge in [0.05, 0.1) is 0 Å². The summed E-state index contributed by atoms with van der Waals surface area (Å²) in [5, 5.41) is 5.65. The molecule has 5 nitrogen and oxygen atoms in total. The molecule has 1 aromatic heterocycles. The molecule has 0 aliphatic heterocycles. The van der Waals surface area contributed by atoms with Crippen molar-refractivity contribution < 1.29 is 4.74 Å². The van der Waals surface area contributed by atoms with Gasteiger partial charge in [-0.1, -0.05) is 121 Å². The average Bonchev–Trinajstić information content (AvgIpc) is 2.88. The van der Waals surface area contributed by atoms with Crippen molar-refractivity contribution in [1.82, 2.24) is 9.97 Å². The van der Waals surface area contributed by atoms with Crippen LogP contribution in [-0.4, -0.2) is 16.5 Å². The highest BCUT2D eigenvalue weighted by atomic mass is 16.5. The minimum Gasteiger partial charge on any atom is -0.437 e. The Morgan fingerprint density at radius 3 is 1.97 bits per heavy atom. The Balaban J connectivity index is 1.27. The fraction of sp³-hybridized carbons (Fsp3) is 0.533. The predicted molar refractivity (Wildman–Crippen MR) is 149 cm³/mol. The second-order valence-electron chi connectivity index (χ2n) is 9.58. The van der Waals surface area contributed by atoms with Crippen LogP contribution in [0.5, 0.6) is 11.6 Å². The Morgan fingerprint density at radius 1 is 0.714 bits per heavy atom. The molecule has 190 valence electrons. The lowest BCUT2D eigenvalue weighted by molar-refractivity contribution is 0.465. The zero-order chi connectivity index (χ0) is 24.6. The fourth-order valence-electron chi connectivity index (χ4n) is 4.47. The minimum absolute atomic E-state index is 0.388. The van der Waals surface area contributed by atoms with Gasteiger partial charge in [-0.25, -0.2) is 4.98 Å². The van der Waals surface area contributed by atoms with Gasteiger partial charge in [-0.15, -0.1) is 0 Å². The summed E-state index contributed by atoms with van der Waals surface area (Å²) in [5.41, 5.74) is 6.74. The number of benzene rings is 2. The van der Waals surface area contributed by atoms with Gasteiger partial charge < -0.3 is 15.8 Å². The van der Waals surface area contributed by atoms with Gasteiger partial charge in [0.2, 0.25) is 5.88 Å². The average molecular weight is 477 g/mol. The van der Waals surface area contributed by atoms with Crippen molar-refractivity contribution in [3.05, 3.63) is 48.8 Å². The first-order chi connectivity index (χ1) is 17.3. The number of aromatic nitrogens is 2. The lowest BCUT2D eigenvalue weighted by Gasteiger charge is -2.12. The van der Waals surface area contributed by atoms with Crippen LogP contribution in [0.3, 0.4) is 0 Å². The zero-order valence-corrected chi connectivity index (χ0v) is 21.6. The molecule has 0 aliphatic carbocycles. The minimum atomic E-state index is 0.388. The number of nitrogens with zero attached hydrogens (tertiary/aromatic N) is 2. The topological polar surface area (TPSA) is 73.1 Å². The van der Waals surface area contributed by atoms with Gasteiger partial charge in [-0.2, -0.15) is 4.98 Å². The molecule has 2 aromatic carbocycles. The number of rotatable bonds is 18.